The summed E-state index contributed by atoms with van der Waals surface area (Å²) in [5.74, 6) is -2.38. The molecular weight excluding hydrogens is 565 g/mol. The minimum Gasteiger partial charge on any atom is -0.475 e. The molecule has 2 heterocycles. The number of carbonyl (C=O) groups is 2. The SMILES string of the molecule is CC(C)Cc1ccc(S(=O)(=O)Nc2cc(C(=O)N3CCOCC3)ccc2N2CCNCC2)cc1.O=C(O)C(F)(F)F. The summed E-state index contributed by atoms with van der Waals surface area (Å²) in [4.78, 5) is 26.1. The van der Waals surface area contributed by atoms with E-state index in [1.807, 2.05) is 18.2 Å². The maximum Gasteiger partial charge on any atom is 0.490 e. The number of piperazine rings is 1. The molecule has 2 aromatic rings. The number of hydrogen-bond acceptors (Lipinski definition) is 7. The standard InChI is InChI=1S/C25H34N4O4S.C2HF3O2/c1-19(2)17-20-3-6-22(7-4-20)34(31,32)27-23-18-21(25(30)29-13-15-33-16-14-29)5-8-24(23)28-11-9-26-10-12-28;3-2(4,5)1(6)7/h3-8,18-19,26-27H,9-17H2,1-2H3;(H,6,7). The molecule has 4 rings (SSSR count). The van der Waals surface area contributed by atoms with Gasteiger partial charge in [-0.05, 0) is 48.2 Å². The fourth-order valence-electron chi connectivity index (χ4n) is 4.36. The number of sulfonamides is 1. The molecule has 1 amide bonds. The number of nitrogens with one attached hydrogen (secondary N) is 2. The number of nitrogens with zero attached hydrogens (tertiary/aromatic N) is 2. The van der Waals surface area contributed by atoms with Gasteiger partial charge in [-0.3, -0.25) is 9.52 Å². The van der Waals surface area contributed by atoms with Crippen LogP contribution >= 0.6 is 0 Å². The van der Waals surface area contributed by atoms with Gasteiger partial charge in [-0.25, -0.2) is 13.2 Å². The van der Waals surface area contributed by atoms with Gasteiger partial charge in [-0.1, -0.05) is 26.0 Å². The van der Waals surface area contributed by atoms with Crippen LogP contribution in [0.25, 0.3) is 0 Å². The molecule has 0 aliphatic carbocycles. The Kier molecular flexibility index (Phi) is 11.0. The maximum absolute atomic E-state index is 13.3. The molecule has 0 spiro atoms. The number of alkyl halides is 3. The van der Waals surface area contributed by atoms with Crippen molar-refractivity contribution in [3.63, 3.8) is 0 Å². The Labute approximate surface area is 237 Å². The largest absolute Gasteiger partial charge is 0.490 e. The number of morpholine rings is 1. The smallest absolute Gasteiger partial charge is 0.475 e. The lowest BCUT2D eigenvalue weighted by atomic mass is 10.0. The zero-order valence-electron chi connectivity index (χ0n) is 22.9. The lowest BCUT2D eigenvalue weighted by Gasteiger charge is -2.32. The average Bonchev–Trinajstić information content (AvgIpc) is 2.93. The number of amides is 1. The van der Waals surface area contributed by atoms with E-state index >= 15 is 0 Å². The van der Waals surface area contributed by atoms with Crippen LogP contribution in [0.3, 0.4) is 0 Å². The van der Waals surface area contributed by atoms with Crippen LogP contribution in [0.5, 0.6) is 0 Å². The lowest BCUT2D eigenvalue weighted by molar-refractivity contribution is -0.192. The van der Waals surface area contributed by atoms with E-state index in [0.717, 1.165) is 43.9 Å². The van der Waals surface area contributed by atoms with Crippen molar-refractivity contribution in [2.75, 3.05) is 62.1 Å². The Morgan fingerprint density at radius 3 is 2.15 bits per heavy atom. The Bertz CT molecular complexity index is 1290. The minimum atomic E-state index is -5.08. The van der Waals surface area contributed by atoms with Crippen LogP contribution in [-0.4, -0.2) is 89.0 Å². The van der Waals surface area contributed by atoms with E-state index in [1.54, 1.807) is 29.2 Å². The van der Waals surface area contributed by atoms with Crippen LogP contribution in [0.15, 0.2) is 47.4 Å². The van der Waals surface area contributed by atoms with Crippen molar-refractivity contribution < 1.29 is 41.0 Å². The second-order valence-corrected chi connectivity index (χ2v) is 11.7. The first-order valence-corrected chi connectivity index (χ1v) is 14.6. The van der Waals surface area contributed by atoms with Gasteiger partial charge in [0.15, 0.2) is 0 Å². The molecule has 2 saturated heterocycles. The quantitative estimate of drug-likeness (QED) is 0.442. The number of carboxylic acid groups (broad SMARTS) is 1. The van der Waals surface area contributed by atoms with Crippen LogP contribution in [0.1, 0.15) is 29.8 Å². The van der Waals surface area contributed by atoms with E-state index in [-0.39, 0.29) is 10.8 Å². The Morgan fingerprint density at radius 2 is 1.61 bits per heavy atom. The molecule has 10 nitrogen and oxygen atoms in total. The topological polar surface area (TPSA) is 128 Å². The van der Waals surface area contributed by atoms with Crippen LogP contribution in [-0.2, 0) is 26.0 Å². The van der Waals surface area contributed by atoms with Gasteiger partial charge >= 0.3 is 12.1 Å². The molecule has 2 aliphatic heterocycles. The van der Waals surface area contributed by atoms with Crippen LogP contribution in [0, 0.1) is 5.92 Å². The summed E-state index contributed by atoms with van der Waals surface area (Å²) in [6.07, 6.45) is -4.19. The second kappa shape index (κ2) is 14.0. The van der Waals surface area contributed by atoms with Crippen LogP contribution in [0.4, 0.5) is 24.5 Å². The number of halogens is 3. The molecule has 41 heavy (non-hydrogen) atoms. The molecule has 14 heteroatoms. The van der Waals surface area contributed by atoms with Crippen molar-refractivity contribution in [1.82, 2.24) is 10.2 Å². The summed E-state index contributed by atoms with van der Waals surface area (Å²) in [5, 5.41) is 10.4. The Hall–Kier alpha value is -3.36. The third-order valence-corrected chi connectivity index (χ3v) is 7.75. The van der Waals surface area contributed by atoms with Crippen LogP contribution in [0.2, 0.25) is 0 Å². The number of rotatable bonds is 7. The van der Waals surface area contributed by atoms with Gasteiger partial charge in [0.05, 0.1) is 29.5 Å². The normalized spacial score (nSPS) is 16.1. The molecule has 0 saturated carbocycles. The number of hydrogen-bond donors (Lipinski definition) is 3. The molecule has 3 N–H and O–H groups in total. The Balaban J connectivity index is 0.000000587. The highest BCUT2D eigenvalue weighted by atomic mass is 32.2. The molecule has 0 aromatic heterocycles. The molecule has 0 radical (unpaired) electrons. The highest BCUT2D eigenvalue weighted by Crippen LogP contribution is 2.31. The lowest BCUT2D eigenvalue weighted by Crippen LogP contribution is -2.44. The number of carboxylic acids is 1. The van der Waals surface area contributed by atoms with E-state index < -0.39 is 22.2 Å². The predicted molar refractivity (Wildman–Crippen MR) is 148 cm³/mol. The third-order valence-electron chi connectivity index (χ3n) is 6.36. The minimum absolute atomic E-state index is 0.117. The van der Waals surface area contributed by atoms with Crippen molar-refractivity contribution in [3.8, 4) is 0 Å². The van der Waals surface area contributed by atoms with E-state index in [0.29, 0.717) is 43.5 Å². The summed E-state index contributed by atoms with van der Waals surface area (Å²) in [6.45, 7) is 9.50. The average molecular weight is 601 g/mol. The Morgan fingerprint density at radius 1 is 1.02 bits per heavy atom. The number of carbonyl (C=O) groups excluding carboxylic acids is 1. The van der Waals surface area contributed by atoms with E-state index in [4.69, 9.17) is 14.6 Å². The number of anilines is 2. The highest BCUT2D eigenvalue weighted by molar-refractivity contribution is 7.92. The first-order chi connectivity index (χ1) is 19.3. The fourth-order valence-corrected chi connectivity index (χ4v) is 5.43. The van der Waals surface area contributed by atoms with E-state index in [1.165, 1.54) is 0 Å². The molecular formula is C27H35F3N4O6S. The van der Waals surface area contributed by atoms with Gasteiger partial charge in [-0.2, -0.15) is 13.2 Å². The summed E-state index contributed by atoms with van der Waals surface area (Å²) in [6, 6.07) is 12.3. The maximum atomic E-state index is 13.3. The predicted octanol–water partition coefficient (Wildman–Crippen LogP) is 3.20. The van der Waals surface area contributed by atoms with Crippen molar-refractivity contribution in [3.05, 3.63) is 53.6 Å². The number of ether oxygens (including phenoxy) is 1. The molecule has 2 aliphatic rings. The first kappa shape index (κ1) is 32.2. The fraction of sp³-hybridized carbons (Fsp3) is 0.481. The van der Waals surface area contributed by atoms with Gasteiger partial charge in [-0.15, -0.1) is 0 Å². The van der Waals surface area contributed by atoms with E-state index in [2.05, 4.69) is 28.8 Å². The van der Waals surface area contributed by atoms with Crippen molar-refractivity contribution >= 4 is 33.3 Å². The molecule has 0 bridgehead atoms. The monoisotopic (exact) mass is 600 g/mol. The molecule has 0 atom stereocenters. The molecule has 0 unspecified atom stereocenters. The molecule has 2 aromatic carbocycles. The van der Waals surface area contributed by atoms with Crippen molar-refractivity contribution in [2.24, 2.45) is 5.92 Å². The summed E-state index contributed by atoms with van der Waals surface area (Å²) in [5.41, 5.74) is 2.77. The molecule has 226 valence electrons. The molecule has 2 fully saturated rings. The van der Waals surface area contributed by atoms with Gasteiger partial charge in [0.2, 0.25) is 0 Å². The summed E-state index contributed by atoms with van der Waals surface area (Å²) in [7, 11) is -3.82. The first-order valence-electron chi connectivity index (χ1n) is 13.2. The van der Waals surface area contributed by atoms with Crippen LogP contribution < -0.4 is 14.9 Å². The van der Waals surface area contributed by atoms with Gasteiger partial charge in [0.25, 0.3) is 15.9 Å². The summed E-state index contributed by atoms with van der Waals surface area (Å²) >= 11 is 0. The highest BCUT2D eigenvalue weighted by Gasteiger charge is 2.38. The van der Waals surface area contributed by atoms with Crippen molar-refractivity contribution in [2.45, 2.75) is 31.3 Å². The zero-order valence-corrected chi connectivity index (χ0v) is 23.7. The zero-order chi connectivity index (χ0) is 30.2. The van der Waals surface area contributed by atoms with Gasteiger partial charge in [0.1, 0.15) is 0 Å². The van der Waals surface area contributed by atoms with Gasteiger partial charge in [0, 0.05) is 44.8 Å². The third kappa shape index (κ3) is 9.33. The van der Waals surface area contributed by atoms with Crippen molar-refractivity contribution in [1.29, 1.82) is 0 Å². The van der Waals surface area contributed by atoms with E-state index in [9.17, 15) is 26.4 Å². The second-order valence-electron chi connectivity index (χ2n) is 10.0. The van der Waals surface area contributed by atoms with Gasteiger partial charge < -0.3 is 25.0 Å². The number of aliphatic carboxylic acids is 1. The summed E-state index contributed by atoms with van der Waals surface area (Å²) < 4.78 is 66.5. The number of benzene rings is 2.